The maximum Gasteiger partial charge on any atom is 0.338 e. The van der Waals surface area contributed by atoms with E-state index in [1.165, 1.54) is 31.2 Å². The lowest BCUT2D eigenvalue weighted by Crippen LogP contribution is -2.24. The zero-order valence-corrected chi connectivity index (χ0v) is 12.0. The van der Waals surface area contributed by atoms with Crippen molar-refractivity contribution in [3.63, 3.8) is 0 Å². The summed E-state index contributed by atoms with van der Waals surface area (Å²) in [5, 5.41) is 9.69. The summed E-state index contributed by atoms with van der Waals surface area (Å²) in [5.41, 5.74) is 0.689. The second-order valence-electron chi connectivity index (χ2n) is 4.47. The molecule has 0 amide bonds. The molecular weight excluding hydrogens is 292 g/mol. The van der Waals surface area contributed by atoms with Gasteiger partial charge in [0.25, 0.3) is 0 Å². The van der Waals surface area contributed by atoms with Gasteiger partial charge in [0.05, 0.1) is 5.56 Å². The van der Waals surface area contributed by atoms with Gasteiger partial charge in [-0.05, 0) is 55.5 Å². The predicted molar refractivity (Wildman–Crippen MR) is 78.8 cm³/mol. The molecule has 0 heterocycles. The number of halogens is 1. The molecule has 1 unspecified atom stereocenters. The zero-order chi connectivity index (χ0) is 15.4. The van der Waals surface area contributed by atoms with Crippen LogP contribution in [0.15, 0.2) is 48.5 Å². The Morgan fingerprint density at radius 3 is 2.10 bits per heavy atom. The minimum absolute atomic E-state index is 0.0526. The van der Waals surface area contributed by atoms with Crippen LogP contribution in [0.4, 0.5) is 0 Å². The topological polar surface area (TPSA) is 63.6 Å². The van der Waals surface area contributed by atoms with Crippen LogP contribution < -0.4 is 0 Å². The SMILES string of the molecule is CC(OC(=O)c1ccc(O)cc1)C(=O)c1ccc(Cl)cc1. The summed E-state index contributed by atoms with van der Waals surface area (Å²) >= 11 is 5.76. The number of phenols is 1. The molecule has 1 atom stereocenters. The fourth-order valence-corrected chi connectivity index (χ4v) is 1.85. The molecule has 4 nitrogen and oxygen atoms in total. The highest BCUT2D eigenvalue weighted by Gasteiger charge is 2.20. The van der Waals surface area contributed by atoms with Crippen LogP contribution in [0, 0.1) is 0 Å². The van der Waals surface area contributed by atoms with Crippen molar-refractivity contribution in [2.24, 2.45) is 0 Å². The lowest BCUT2D eigenvalue weighted by atomic mass is 10.1. The predicted octanol–water partition coefficient (Wildman–Crippen LogP) is 3.47. The number of carbonyl (C=O) groups is 2. The Morgan fingerprint density at radius 1 is 1.00 bits per heavy atom. The van der Waals surface area contributed by atoms with Gasteiger partial charge in [0, 0.05) is 10.6 Å². The summed E-state index contributed by atoms with van der Waals surface area (Å²) in [4.78, 5) is 24.0. The molecule has 0 saturated carbocycles. The van der Waals surface area contributed by atoms with Crippen molar-refractivity contribution in [1.82, 2.24) is 0 Å². The lowest BCUT2D eigenvalue weighted by Gasteiger charge is -2.12. The van der Waals surface area contributed by atoms with E-state index in [1.807, 2.05) is 0 Å². The Hall–Kier alpha value is -2.33. The summed E-state index contributed by atoms with van der Waals surface area (Å²) in [6, 6.07) is 12.0. The number of ketones is 1. The maximum absolute atomic E-state index is 12.1. The minimum atomic E-state index is -0.910. The number of ether oxygens (including phenoxy) is 1. The van der Waals surface area contributed by atoms with Gasteiger partial charge in [0.1, 0.15) is 5.75 Å². The Kier molecular flexibility index (Phi) is 4.60. The van der Waals surface area contributed by atoms with E-state index in [-0.39, 0.29) is 17.1 Å². The number of benzene rings is 2. The highest BCUT2D eigenvalue weighted by Crippen LogP contribution is 2.15. The molecule has 5 heteroatoms. The van der Waals surface area contributed by atoms with Gasteiger partial charge in [-0.1, -0.05) is 11.6 Å². The average molecular weight is 305 g/mol. The monoisotopic (exact) mass is 304 g/mol. The summed E-state index contributed by atoms with van der Waals surface area (Å²) < 4.78 is 5.12. The van der Waals surface area contributed by atoms with Crippen molar-refractivity contribution in [1.29, 1.82) is 0 Å². The highest BCUT2D eigenvalue weighted by atomic mass is 35.5. The van der Waals surface area contributed by atoms with Crippen LogP contribution in [0.25, 0.3) is 0 Å². The molecule has 0 aliphatic rings. The van der Waals surface area contributed by atoms with Crippen molar-refractivity contribution in [2.75, 3.05) is 0 Å². The van der Waals surface area contributed by atoms with Gasteiger partial charge in [0.2, 0.25) is 5.78 Å². The van der Waals surface area contributed by atoms with Crippen molar-refractivity contribution < 1.29 is 19.4 Å². The van der Waals surface area contributed by atoms with Crippen LogP contribution in [-0.2, 0) is 4.74 Å². The third kappa shape index (κ3) is 3.83. The molecule has 0 aromatic heterocycles. The van der Waals surface area contributed by atoms with Crippen LogP contribution >= 0.6 is 11.6 Å². The first-order valence-corrected chi connectivity index (χ1v) is 6.65. The van der Waals surface area contributed by atoms with Gasteiger partial charge in [-0.3, -0.25) is 4.79 Å². The summed E-state index contributed by atoms with van der Waals surface area (Å²) in [6.07, 6.45) is -0.910. The average Bonchev–Trinajstić information content (AvgIpc) is 2.47. The first-order valence-electron chi connectivity index (χ1n) is 6.27. The highest BCUT2D eigenvalue weighted by molar-refractivity contribution is 6.30. The minimum Gasteiger partial charge on any atom is -0.508 e. The van der Waals surface area contributed by atoms with Crippen molar-refractivity contribution in [3.05, 3.63) is 64.7 Å². The molecule has 1 N–H and O–H groups in total. The smallest absolute Gasteiger partial charge is 0.338 e. The van der Waals surface area contributed by atoms with E-state index >= 15 is 0 Å². The molecule has 0 saturated heterocycles. The molecule has 2 rings (SSSR count). The second-order valence-corrected chi connectivity index (χ2v) is 4.90. The van der Waals surface area contributed by atoms with Crippen molar-refractivity contribution in [3.8, 4) is 5.75 Å². The molecule has 2 aromatic rings. The number of Topliss-reactive ketones (excluding diaryl/α,β-unsaturated/α-hetero) is 1. The van der Waals surface area contributed by atoms with Gasteiger partial charge in [-0.15, -0.1) is 0 Å². The number of hydrogen-bond donors (Lipinski definition) is 1. The largest absolute Gasteiger partial charge is 0.508 e. The summed E-state index contributed by atoms with van der Waals surface area (Å²) in [6.45, 7) is 1.51. The molecule has 21 heavy (non-hydrogen) atoms. The van der Waals surface area contributed by atoms with E-state index in [9.17, 15) is 9.59 Å². The summed E-state index contributed by atoms with van der Waals surface area (Å²) in [7, 11) is 0. The number of carbonyl (C=O) groups excluding carboxylic acids is 2. The van der Waals surface area contributed by atoms with Crippen LogP contribution in [0.5, 0.6) is 5.75 Å². The van der Waals surface area contributed by atoms with Crippen LogP contribution in [0.2, 0.25) is 5.02 Å². The number of hydrogen-bond acceptors (Lipinski definition) is 4. The normalized spacial score (nSPS) is 11.7. The molecule has 0 bridgehead atoms. The summed E-state index contributed by atoms with van der Waals surface area (Å²) in [5.74, 6) is -0.875. The first kappa shape index (κ1) is 15.1. The quantitative estimate of drug-likeness (QED) is 0.694. The first-order chi connectivity index (χ1) is 9.97. The van der Waals surface area contributed by atoms with Gasteiger partial charge in [-0.2, -0.15) is 0 Å². The van der Waals surface area contributed by atoms with Gasteiger partial charge in [0.15, 0.2) is 6.10 Å². The van der Waals surface area contributed by atoms with E-state index in [0.717, 1.165) is 0 Å². The molecular formula is C16H13ClO4. The molecule has 0 fully saturated rings. The Balaban J connectivity index is 2.05. The molecule has 0 spiro atoms. The third-order valence-electron chi connectivity index (χ3n) is 2.88. The van der Waals surface area contributed by atoms with E-state index in [4.69, 9.17) is 21.4 Å². The van der Waals surface area contributed by atoms with Crippen LogP contribution in [-0.4, -0.2) is 23.0 Å². The fourth-order valence-electron chi connectivity index (χ4n) is 1.73. The number of phenolic OH excluding ortho intramolecular Hbond substituents is 1. The van der Waals surface area contributed by atoms with Gasteiger partial charge >= 0.3 is 5.97 Å². The number of esters is 1. The Labute approximate surface area is 126 Å². The lowest BCUT2D eigenvalue weighted by molar-refractivity contribution is 0.0319. The fraction of sp³-hybridized carbons (Fsp3) is 0.125. The number of aromatic hydroxyl groups is 1. The molecule has 0 aliphatic heterocycles. The zero-order valence-electron chi connectivity index (χ0n) is 11.2. The Morgan fingerprint density at radius 2 is 1.52 bits per heavy atom. The van der Waals surface area contributed by atoms with Gasteiger partial charge in [-0.25, -0.2) is 4.79 Å². The molecule has 0 aliphatic carbocycles. The van der Waals surface area contributed by atoms with E-state index < -0.39 is 12.1 Å². The van der Waals surface area contributed by atoms with E-state index in [0.29, 0.717) is 10.6 Å². The van der Waals surface area contributed by atoms with E-state index in [2.05, 4.69) is 0 Å². The molecule has 2 aromatic carbocycles. The number of rotatable bonds is 4. The maximum atomic E-state index is 12.1. The second kappa shape index (κ2) is 6.41. The Bertz CT molecular complexity index is 647. The van der Waals surface area contributed by atoms with Crippen LogP contribution in [0.3, 0.4) is 0 Å². The van der Waals surface area contributed by atoms with E-state index in [1.54, 1.807) is 24.3 Å². The van der Waals surface area contributed by atoms with Gasteiger partial charge < -0.3 is 9.84 Å². The van der Waals surface area contributed by atoms with Crippen LogP contribution in [0.1, 0.15) is 27.6 Å². The molecule has 0 radical (unpaired) electrons. The van der Waals surface area contributed by atoms with Crippen molar-refractivity contribution in [2.45, 2.75) is 13.0 Å². The molecule has 108 valence electrons. The van der Waals surface area contributed by atoms with Crippen molar-refractivity contribution >= 4 is 23.4 Å². The standard InChI is InChI=1S/C16H13ClO4/c1-10(15(19)11-2-6-13(17)7-3-11)21-16(20)12-4-8-14(18)9-5-12/h2-10,18H,1H3. The third-order valence-corrected chi connectivity index (χ3v) is 3.14.